The van der Waals surface area contributed by atoms with Crippen molar-refractivity contribution >= 4 is 5.97 Å². The maximum Gasteiger partial charge on any atom is 0.0811 e. The molecule has 0 aromatic rings. The third-order valence-electron chi connectivity index (χ3n) is 4.55. The van der Waals surface area contributed by atoms with Crippen LogP contribution in [0, 0.1) is 11.8 Å². The smallest absolute Gasteiger partial charge is 0.0811 e. The normalized spacial score (nSPS) is 24.4. The largest absolute Gasteiger partial charge is 0.550 e. The molecule has 0 aromatic heterocycles. The number of carbonyl (C=O) groups is 1. The molecule has 1 aliphatic carbocycles. The summed E-state index contributed by atoms with van der Waals surface area (Å²) < 4.78 is 1.09. The van der Waals surface area contributed by atoms with Gasteiger partial charge in [0.1, 0.15) is 0 Å². The quantitative estimate of drug-likeness (QED) is 0.500. The van der Waals surface area contributed by atoms with Gasteiger partial charge in [0.25, 0.3) is 0 Å². The summed E-state index contributed by atoms with van der Waals surface area (Å²) in [6, 6.07) is 0. The van der Waals surface area contributed by atoms with Gasteiger partial charge in [-0.1, -0.05) is 19.8 Å². The Morgan fingerprint density at radius 1 is 1.11 bits per heavy atom. The number of quaternary nitrogens is 1. The van der Waals surface area contributed by atoms with Crippen LogP contribution in [0.4, 0.5) is 0 Å². The van der Waals surface area contributed by atoms with Crippen LogP contribution in [0.15, 0.2) is 0 Å². The van der Waals surface area contributed by atoms with E-state index in [1.165, 1.54) is 38.8 Å². The first kappa shape index (κ1) is 16.5. The zero-order valence-electron chi connectivity index (χ0n) is 13.0. The highest BCUT2D eigenvalue weighted by atomic mass is 16.4. The molecule has 112 valence electrons. The summed E-state index contributed by atoms with van der Waals surface area (Å²) >= 11 is 0. The van der Waals surface area contributed by atoms with Crippen LogP contribution in [0.5, 0.6) is 0 Å². The molecule has 1 aliphatic rings. The van der Waals surface area contributed by atoms with E-state index in [1.807, 2.05) is 0 Å². The van der Waals surface area contributed by atoms with Crippen LogP contribution in [0.3, 0.4) is 0 Å². The summed E-state index contributed by atoms with van der Waals surface area (Å²) in [5.74, 6) is -0.319. The Bertz CT molecular complexity index is 268. The van der Waals surface area contributed by atoms with Crippen LogP contribution < -0.4 is 5.11 Å². The Kier molecular flexibility index (Phi) is 6.84. The highest BCUT2D eigenvalue weighted by molar-refractivity contribution is 5.67. The van der Waals surface area contributed by atoms with E-state index in [0.29, 0.717) is 5.92 Å². The Hall–Kier alpha value is -0.570. The lowest BCUT2D eigenvalue weighted by Crippen LogP contribution is -2.45. The molecule has 3 heteroatoms. The molecule has 19 heavy (non-hydrogen) atoms. The van der Waals surface area contributed by atoms with Crippen LogP contribution in [0.25, 0.3) is 0 Å². The lowest BCUT2D eigenvalue weighted by Gasteiger charge is -2.36. The van der Waals surface area contributed by atoms with E-state index in [2.05, 4.69) is 21.0 Å². The highest BCUT2D eigenvalue weighted by Crippen LogP contribution is 2.30. The van der Waals surface area contributed by atoms with Crippen LogP contribution in [-0.4, -0.2) is 37.6 Å². The van der Waals surface area contributed by atoms with E-state index in [4.69, 9.17) is 0 Å². The van der Waals surface area contributed by atoms with Gasteiger partial charge in [-0.2, -0.15) is 0 Å². The number of rotatable bonds is 8. The van der Waals surface area contributed by atoms with Crippen molar-refractivity contribution in [3.8, 4) is 0 Å². The van der Waals surface area contributed by atoms with Crippen molar-refractivity contribution in [2.45, 2.75) is 58.3 Å². The predicted molar refractivity (Wildman–Crippen MR) is 76.4 cm³/mol. The summed E-state index contributed by atoms with van der Waals surface area (Å²) in [4.78, 5) is 10.8. The van der Waals surface area contributed by atoms with Crippen LogP contribution in [0.2, 0.25) is 0 Å². The fourth-order valence-electron chi connectivity index (χ4n) is 3.34. The first-order valence-electron chi connectivity index (χ1n) is 7.97. The van der Waals surface area contributed by atoms with Gasteiger partial charge in [-0.3, -0.25) is 0 Å². The Labute approximate surface area is 118 Å². The van der Waals surface area contributed by atoms with Gasteiger partial charge in [-0.15, -0.1) is 0 Å². The van der Waals surface area contributed by atoms with Crippen molar-refractivity contribution in [2.75, 3.05) is 27.2 Å². The number of carboxylic acids is 1. The van der Waals surface area contributed by atoms with Crippen molar-refractivity contribution < 1.29 is 14.4 Å². The summed E-state index contributed by atoms with van der Waals surface area (Å²) in [5, 5.41) is 10.8. The molecular weight excluding hydrogens is 238 g/mol. The Balaban J connectivity index is 2.24. The van der Waals surface area contributed by atoms with Crippen LogP contribution in [-0.2, 0) is 4.79 Å². The summed E-state index contributed by atoms with van der Waals surface area (Å²) in [6.45, 7) is 4.70. The van der Waals surface area contributed by atoms with Gasteiger partial charge in [0.2, 0.25) is 0 Å². The van der Waals surface area contributed by atoms with Gasteiger partial charge in [0.15, 0.2) is 0 Å². The molecule has 3 nitrogen and oxygen atoms in total. The Morgan fingerprint density at radius 3 is 2.26 bits per heavy atom. The van der Waals surface area contributed by atoms with E-state index < -0.39 is 5.97 Å². The minimum Gasteiger partial charge on any atom is -0.550 e. The lowest BCUT2D eigenvalue weighted by molar-refractivity contribution is -0.894. The van der Waals surface area contributed by atoms with E-state index >= 15 is 0 Å². The van der Waals surface area contributed by atoms with E-state index in [-0.39, 0.29) is 5.92 Å². The minimum absolute atomic E-state index is 0.184. The lowest BCUT2D eigenvalue weighted by atomic mass is 9.81. The minimum atomic E-state index is -0.841. The summed E-state index contributed by atoms with van der Waals surface area (Å²) in [7, 11) is 4.63. The van der Waals surface area contributed by atoms with Gasteiger partial charge in [0, 0.05) is 11.9 Å². The third-order valence-corrected chi connectivity index (χ3v) is 4.55. The predicted octanol–water partition coefficient (Wildman–Crippen LogP) is 2.20. The van der Waals surface area contributed by atoms with E-state index in [9.17, 15) is 9.90 Å². The molecule has 1 rings (SSSR count). The van der Waals surface area contributed by atoms with Gasteiger partial charge < -0.3 is 14.4 Å². The molecule has 0 spiro atoms. The maximum absolute atomic E-state index is 10.8. The second-order valence-electron chi connectivity index (χ2n) is 6.94. The fourth-order valence-corrected chi connectivity index (χ4v) is 3.34. The van der Waals surface area contributed by atoms with Gasteiger partial charge in [-0.05, 0) is 44.4 Å². The fraction of sp³-hybridized carbons (Fsp3) is 0.938. The number of nitrogens with zero attached hydrogens (tertiary/aromatic N) is 1. The van der Waals surface area contributed by atoms with Crippen molar-refractivity contribution in [3.05, 3.63) is 0 Å². The van der Waals surface area contributed by atoms with Gasteiger partial charge in [0.05, 0.1) is 27.2 Å². The monoisotopic (exact) mass is 269 g/mol. The zero-order chi connectivity index (χ0) is 14.3. The molecule has 0 bridgehead atoms. The van der Waals surface area contributed by atoms with E-state index in [0.717, 1.165) is 30.2 Å². The summed E-state index contributed by atoms with van der Waals surface area (Å²) in [5.41, 5.74) is 0. The summed E-state index contributed by atoms with van der Waals surface area (Å²) in [6.07, 6.45) is 9.07. The molecule has 0 saturated heterocycles. The maximum atomic E-state index is 10.8. The van der Waals surface area contributed by atoms with Gasteiger partial charge >= 0.3 is 0 Å². The van der Waals surface area contributed by atoms with Gasteiger partial charge in [-0.25, -0.2) is 0 Å². The highest BCUT2D eigenvalue weighted by Gasteiger charge is 2.27. The molecule has 0 radical (unpaired) electrons. The molecule has 1 saturated carbocycles. The molecule has 0 unspecified atom stereocenters. The first-order chi connectivity index (χ1) is 8.94. The second-order valence-corrected chi connectivity index (χ2v) is 6.94. The topological polar surface area (TPSA) is 40.1 Å². The average molecular weight is 269 g/mol. The third kappa shape index (κ3) is 6.42. The number of unbranched alkanes of at least 4 members (excludes halogenated alkanes) is 3. The number of carbonyl (C=O) groups excluding carboxylic acids is 1. The van der Waals surface area contributed by atoms with Crippen molar-refractivity contribution in [2.24, 2.45) is 11.8 Å². The second kappa shape index (κ2) is 7.88. The molecule has 0 N–H and O–H groups in total. The van der Waals surface area contributed by atoms with Crippen molar-refractivity contribution in [1.82, 2.24) is 0 Å². The van der Waals surface area contributed by atoms with Crippen LogP contribution in [0.1, 0.15) is 58.3 Å². The average Bonchev–Trinajstić information content (AvgIpc) is 2.35. The molecule has 0 atom stereocenters. The zero-order valence-corrected chi connectivity index (χ0v) is 13.0. The standard InChI is InChI=1S/C16H31NO2/c1-4-5-6-7-12-17(2,3)13-14-8-10-15(11-9-14)16(18)19/h14-15H,4-13H2,1-3H3. The SMILES string of the molecule is CCCCCC[N+](C)(C)CC1CCC(C(=O)[O-])CC1. The first-order valence-corrected chi connectivity index (χ1v) is 7.97. The molecule has 0 aliphatic heterocycles. The van der Waals surface area contributed by atoms with E-state index in [1.54, 1.807) is 0 Å². The Morgan fingerprint density at radius 2 is 1.74 bits per heavy atom. The molecule has 0 amide bonds. The number of carboxylic acid groups (broad SMARTS) is 1. The van der Waals surface area contributed by atoms with Crippen LogP contribution >= 0.6 is 0 Å². The van der Waals surface area contributed by atoms with Crippen molar-refractivity contribution in [1.29, 1.82) is 0 Å². The molecule has 0 heterocycles. The number of aliphatic carboxylic acids is 1. The molecular formula is C16H31NO2. The molecule has 1 fully saturated rings. The molecule has 0 aromatic carbocycles. The number of hydrogen-bond acceptors (Lipinski definition) is 2. The van der Waals surface area contributed by atoms with Crippen molar-refractivity contribution in [3.63, 3.8) is 0 Å². The number of hydrogen-bond donors (Lipinski definition) is 0.